The molecule has 3 heterocycles. The smallest absolute Gasteiger partial charge is 0.323 e. The van der Waals surface area contributed by atoms with Crippen molar-refractivity contribution in [3.63, 3.8) is 0 Å². The number of benzene rings is 1. The molecule has 2 aromatic rings. The van der Waals surface area contributed by atoms with E-state index >= 15 is 0 Å². The predicted molar refractivity (Wildman–Crippen MR) is 95.4 cm³/mol. The summed E-state index contributed by atoms with van der Waals surface area (Å²) >= 11 is 7.39. The number of carbonyl (C=O) groups excluding carboxylic acids is 3. The SMILES string of the molecule is O=C(O)CN1C(=O)C2(CC(=O)N(Cc3cscn3)C2=O)c2cc(Cl)ccc21. The Kier molecular flexibility index (Phi) is 4.01. The Morgan fingerprint density at radius 1 is 1.26 bits per heavy atom. The predicted octanol–water partition coefficient (Wildman–Crippen LogP) is 1.42. The van der Waals surface area contributed by atoms with E-state index in [-0.39, 0.29) is 29.2 Å². The number of hydrogen-bond acceptors (Lipinski definition) is 6. The van der Waals surface area contributed by atoms with Crippen molar-refractivity contribution in [2.24, 2.45) is 0 Å². The third kappa shape index (κ3) is 2.54. The second-order valence-corrected chi connectivity index (χ2v) is 7.45. The first kappa shape index (κ1) is 17.6. The van der Waals surface area contributed by atoms with Gasteiger partial charge >= 0.3 is 5.97 Å². The standard InChI is InChI=1S/C17H12ClN3O5S/c18-9-1-2-12-11(3-9)17(15(25)20(12)6-14(23)24)4-13(22)21(16(17)26)5-10-7-27-8-19-10/h1-3,7-8H,4-6H2,(H,23,24). The Morgan fingerprint density at radius 2 is 2.00 bits per heavy atom. The average molecular weight is 406 g/mol. The Bertz CT molecular complexity index is 992. The van der Waals surface area contributed by atoms with Crippen molar-refractivity contribution < 1.29 is 24.3 Å². The van der Waals surface area contributed by atoms with E-state index in [1.165, 1.54) is 29.5 Å². The maximum absolute atomic E-state index is 13.2. The van der Waals surface area contributed by atoms with Gasteiger partial charge < -0.3 is 5.11 Å². The molecule has 0 bridgehead atoms. The molecule has 3 amide bonds. The monoisotopic (exact) mass is 405 g/mol. The van der Waals surface area contributed by atoms with Crippen molar-refractivity contribution in [2.75, 3.05) is 11.4 Å². The van der Waals surface area contributed by atoms with Crippen molar-refractivity contribution in [1.82, 2.24) is 9.88 Å². The summed E-state index contributed by atoms with van der Waals surface area (Å²) in [7, 11) is 0. The summed E-state index contributed by atoms with van der Waals surface area (Å²) in [5, 5.41) is 11.2. The Morgan fingerprint density at radius 3 is 2.67 bits per heavy atom. The van der Waals surface area contributed by atoms with Gasteiger partial charge in [-0.3, -0.25) is 29.0 Å². The number of aromatic nitrogens is 1. The molecule has 1 saturated heterocycles. The summed E-state index contributed by atoms with van der Waals surface area (Å²) in [5.74, 6) is -3.13. The van der Waals surface area contributed by atoms with Gasteiger partial charge in [-0.2, -0.15) is 0 Å². The summed E-state index contributed by atoms with van der Waals surface area (Å²) in [6.07, 6.45) is -0.363. The van der Waals surface area contributed by atoms with Crippen LogP contribution in [-0.2, 0) is 31.1 Å². The van der Waals surface area contributed by atoms with Gasteiger partial charge in [-0.05, 0) is 18.2 Å². The van der Waals surface area contributed by atoms with Crippen LogP contribution in [0.3, 0.4) is 0 Å². The fourth-order valence-electron chi connectivity index (χ4n) is 3.59. The highest BCUT2D eigenvalue weighted by molar-refractivity contribution is 7.07. The number of nitrogens with zero attached hydrogens (tertiary/aromatic N) is 3. The fraction of sp³-hybridized carbons (Fsp3) is 0.235. The van der Waals surface area contributed by atoms with Gasteiger partial charge in [0.15, 0.2) is 5.41 Å². The number of rotatable bonds is 4. The minimum atomic E-state index is -1.78. The normalized spacial score (nSPS) is 21.4. The van der Waals surface area contributed by atoms with Crippen LogP contribution < -0.4 is 4.90 Å². The molecule has 1 unspecified atom stereocenters. The molecule has 1 aromatic heterocycles. The number of amides is 3. The number of imide groups is 1. The number of carbonyl (C=O) groups is 4. The van der Waals surface area contributed by atoms with Crippen LogP contribution in [0.25, 0.3) is 0 Å². The number of carboxylic acid groups (broad SMARTS) is 1. The highest BCUT2D eigenvalue weighted by Gasteiger charge is 2.63. The van der Waals surface area contributed by atoms with Gasteiger partial charge in [-0.15, -0.1) is 11.3 Å². The van der Waals surface area contributed by atoms with Crippen molar-refractivity contribution in [3.05, 3.63) is 45.4 Å². The van der Waals surface area contributed by atoms with E-state index in [2.05, 4.69) is 4.98 Å². The number of halogens is 1. The molecule has 2 aliphatic heterocycles. The molecular formula is C17H12ClN3O5S. The second-order valence-electron chi connectivity index (χ2n) is 6.29. The molecule has 138 valence electrons. The molecule has 10 heteroatoms. The quantitative estimate of drug-likeness (QED) is 0.609. The topological polar surface area (TPSA) is 108 Å². The van der Waals surface area contributed by atoms with Crippen molar-refractivity contribution in [2.45, 2.75) is 18.4 Å². The first-order valence-corrected chi connectivity index (χ1v) is 9.22. The zero-order valence-corrected chi connectivity index (χ0v) is 15.3. The van der Waals surface area contributed by atoms with Gasteiger partial charge in [0.25, 0.3) is 0 Å². The molecule has 0 saturated carbocycles. The first-order chi connectivity index (χ1) is 12.8. The van der Waals surface area contributed by atoms with E-state index < -0.39 is 35.7 Å². The van der Waals surface area contributed by atoms with E-state index in [4.69, 9.17) is 16.7 Å². The summed E-state index contributed by atoms with van der Waals surface area (Å²) in [6.45, 7) is -0.645. The lowest BCUT2D eigenvalue weighted by molar-refractivity contribution is -0.143. The maximum Gasteiger partial charge on any atom is 0.323 e. The first-order valence-electron chi connectivity index (χ1n) is 7.90. The Hall–Kier alpha value is -2.78. The molecular weight excluding hydrogens is 394 g/mol. The molecule has 1 N–H and O–H groups in total. The van der Waals surface area contributed by atoms with Crippen molar-refractivity contribution >= 4 is 52.3 Å². The highest BCUT2D eigenvalue weighted by Crippen LogP contribution is 2.49. The van der Waals surface area contributed by atoms with E-state index in [9.17, 15) is 19.2 Å². The largest absolute Gasteiger partial charge is 0.480 e. The Labute approximate surface area is 162 Å². The molecule has 1 spiro atoms. The van der Waals surface area contributed by atoms with E-state index in [1.807, 2.05) is 0 Å². The lowest BCUT2D eigenvalue weighted by atomic mass is 9.80. The fourth-order valence-corrected chi connectivity index (χ4v) is 4.31. The molecule has 0 aliphatic carbocycles. The third-order valence-corrected chi connectivity index (χ3v) is 5.61. The Balaban J connectivity index is 1.81. The van der Waals surface area contributed by atoms with Crippen LogP contribution in [0.2, 0.25) is 5.02 Å². The lowest BCUT2D eigenvalue weighted by Gasteiger charge is -2.21. The van der Waals surface area contributed by atoms with E-state index in [0.29, 0.717) is 5.69 Å². The molecule has 8 nitrogen and oxygen atoms in total. The van der Waals surface area contributed by atoms with Crippen LogP contribution >= 0.6 is 22.9 Å². The highest BCUT2D eigenvalue weighted by atomic mass is 35.5. The van der Waals surface area contributed by atoms with Gasteiger partial charge in [0, 0.05) is 21.7 Å². The van der Waals surface area contributed by atoms with Crippen LogP contribution in [0.5, 0.6) is 0 Å². The van der Waals surface area contributed by atoms with Gasteiger partial charge in [0.05, 0.1) is 24.2 Å². The van der Waals surface area contributed by atoms with Gasteiger partial charge in [0.2, 0.25) is 17.7 Å². The summed E-state index contributed by atoms with van der Waals surface area (Å²) in [5.41, 5.74) is 0.894. The van der Waals surface area contributed by atoms with Crippen LogP contribution in [0.1, 0.15) is 17.7 Å². The van der Waals surface area contributed by atoms with E-state index in [1.54, 1.807) is 10.9 Å². The van der Waals surface area contributed by atoms with E-state index in [0.717, 1.165) is 9.80 Å². The zero-order valence-electron chi connectivity index (χ0n) is 13.7. The molecule has 1 fully saturated rings. The molecule has 2 aliphatic rings. The molecule has 4 rings (SSSR count). The van der Waals surface area contributed by atoms with Gasteiger partial charge in [-0.1, -0.05) is 11.6 Å². The van der Waals surface area contributed by atoms with Crippen LogP contribution in [0, 0.1) is 0 Å². The molecule has 1 aromatic carbocycles. The van der Waals surface area contributed by atoms with Gasteiger partial charge in [-0.25, -0.2) is 4.98 Å². The number of anilines is 1. The zero-order chi connectivity index (χ0) is 19.3. The lowest BCUT2D eigenvalue weighted by Crippen LogP contribution is -2.47. The number of aliphatic carboxylic acids is 1. The van der Waals surface area contributed by atoms with Gasteiger partial charge in [0.1, 0.15) is 6.54 Å². The number of fused-ring (bicyclic) bond motifs is 2. The summed E-state index contributed by atoms with van der Waals surface area (Å²) in [4.78, 5) is 56.3. The van der Waals surface area contributed by atoms with Crippen LogP contribution in [-0.4, -0.2) is 45.2 Å². The van der Waals surface area contributed by atoms with Crippen molar-refractivity contribution in [1.29, 1.82) is 0 Å². The number of thiazole rings is 1. The number of hydrogen-bond donors (Lipinski definition) is 1. The third-order valence-electron chi connectivity index (χ3n) is 4.74. The molecule has 27 heavy (non-hydrogen) atoms. The average Bonchev–Trinajstić information content (AvgIpc) is 3.26. The van der Waals surface area contributed by atoms with Crippen LogP contribution in [0.4, 0.5) is 5.69 Å². The number of likely N-dealkylation sites (tertiary alicyclic amines) is 1. The maximum atomic E-state index is 13.2. The summed E-state index contributed by atoms with van der Waals surface area (Å²) < 4.78 is 0. The minimum absolute atomic E-state index is 0.0367. The number of carboxylic acids is 1. The molecule has 0 radical (unpaired) electrons. The van der Waals surface area contributed by atoms with Crippen molar-refractivity contribution in [3.8, 4) is 0 Å². The molecule has 1 atom stereocenters. The van der Waals surface area contributed by atoms with Crippen LogP contribution in [0.15, 0.2) is 29.1 Å². The minimum Gasteiger partial charge on any atom is -0.480 e. The second kappa shape index (κ2) is 6.14. The summed E-state index contributed by atoms with van der Waals surface area (Å²) in [6, 6.07) is 4.46.